The van der Waals surface area contributed by atoms with Crippen LogP contribution in [-0.4, -0.2) is 16.8 Å². The number of benzene rings is 1. The van der Waals surface area contributed by atoms with E-state index in [-0.39, 0.29) is 23.2 Å². The first-order valence-electron chi connectivity index (χ1n) is 6.78. The van der Waals surface area contributed by atoms with Crippen molar-refractivity contribution in [3.8, 4) is 0 Å². The van der Waals surface area contributed by atoms with Crippen LogP contribution in [0.25, 0.3) is 0 Å². The van der Waals surface area contributed by atoms with Gasteiger partial charge in [0.15, 0.2) is 0 Å². The van der Waals surface area contributed by atoms with E-state index in [0.29, 0.717) is 6.54 Å². The molecule has 3 rings (SSSR count). The minimum Gasteiger partial charge on any atom is -0.331 e. The van der Waals surface area contributed by atoms with E-state index in [0.717, 1.165) is 18.4 Å². The summed E-state index contributed by atoms with van der Waals surface area (Å²) in [6.45, 7) is 0.549. The molecule has 0 aliphatic heterocycles. The maximum absolute atomic E-state index is 13.8. The van der Waals surface area contributed by atoms with Gasteiger partial charge in [-0.3, -0.25) is 10.6 Å². The Morgan fingerprint density at radius 2 is 2.24 bits per heavy atom. The van der Waals surface area contributed by atoms with Crippen molar-refractivity contribution in [3.63, 3.8) is 0 Å². The summed E-state index contributed by atoms with van der Waals surface area (Å²) in [6.07, 6.45) is 1.99. The Balaban J connectivity index is 1.89. The minimum atomic E-state index is -0.519. The second kappa shape index (κ2) is 5.83. The summed E-state index contributed by atoms with van der Waals surface area (Å²) < 4.78 is 13.8. The molecule has 1 heterocycles. The van der Waals surface area contributed by atoms with E-state index in [2.05, 4.69) is 5.43 Å². The largest absolute Gasteiger partial charge is 0.331 e. The fraction of sp³-hybridized carbons (Fsp3) is 0.267. The van der Waals surface area contributed by atoms with Gasteiger partial charge in [-0.2, -0.15) is 11.3 Å². The third-order valence-electron chi connectivity index (χ3n) is 3.57. The van der Waals surface area contributed by atoms with E-state index in [1.165, 1.54) is 12.1 Å². The van der Waals surface area contributed by atoms with Gasteiger partial charge in [0.25, 0.3) is 5.91 Å². The molecule has 0 radical (unpaired) electrons. The second-order valence-electron chi connectivity index (χ2n) is 5.10. The molecule has 0 saturated heterocycles. The first kappa shape index (κ1) is 14.0. The SMILES string of the molecule is NNc1c(F)cccc1C(=O)N(Cc1ccsc1)C1CC1. The molecule has 1 aliphatic rings. The van der Waals surface area contributed by atoms with E-state index in [1.54, 1.807) is 22.3 Å². The number of halogens is 1. The van der Waals surface area contributed by atoms with Gasteiger partial charge in [-0.15, -0.1) is 0 Å². The number of nitrogens with one attached hydrogen (secondary N) is 1. The summed E-state index contributed by atoms with van der Waals surface area (Å²) in [5.41, 5.74) is 3.73. The molecular weight excluding hydrogens is 289 g/mol. The zero-order valence-electron chi connectivity index (χ0n) is 11.4. The first-order chi connectivity index (χ1) is 10.2. The molecule has 3 N–H and O–H groups in total. The summed E-state index contributed by atoms with van der Waals surface area (Å²) in [6, 6.07) is 6.65. The molecule has 0 unspecified atom stereocenters. The third-order valence-corrected chi connectivity index (χ3v) is 4.30. The van der Waals surface area contributed by atoms with Crippen LogP contribution in [0.15, 0.2) is 35.0 Å². The van der Waals surface area contributed by atoms with Crippen LogP contribution >= 0.6 is 11.3 Å². The Bertz CT molecular complexity index is 640. The van der Waals surface area contributed by atoms with E-state index in [1.807, 2.05) is 16.8 Å². The number of carbonyl (C=O) groups is 1. The second-order valence-corrected chi connectivity index (χ2v) is 5.88. The van der Waals surface area contributed by atoms with Crippen LogP contribution in [0.1, 0.15) is 28.8 Å². The van der Waals surface area contributed by atoms with Crippen molar-refractivity contribution in [2.45, 2.75) is 25.4 Å². The summed E-state index contributed by atoms with van der Waals surface area (Å²) in [5.74, 6) is 4.66. The standard InChI is InChI=1S/C15H16FN3OS/c16-13-3-1-2-12(14(13)18-17)15(20)19(11-4-5-11)8-10-6-7-21-9-10/h1-3,6-7,9,11,18H,4-5,8,17H2. The average molecular weight is 305 g/mol. The third kappa shape index (κ3) is 2.91. The predicted octanol–water partition coefficient (Wildman–Crippen LogP) is 2.98. The van der Waals surface area contributed by atoms with Crippen LogP contribution in [0.5, 0.6) is 0 Å². The van der Waals surface area contributed by atoms with Gasteiger partial charge in [0.1, 0.15) is 5.82 Å². The minimum absolute atomic E-state index is 0.0541. The van der Waals surface area contributed by atoms with Crippen LogP contribution in [-0.2, 0) is 6.54 Å². The molecule has 0 atom stereocenters. The number of para-hydroxylation sites is 1. The Hall–Kier alpha value is -1.92. The number of anilines is 1. The topological polar surface area (TPSA) is 58.4 Å². The Labute approximate surface area is 126 Å². The lowest BCUT2D eigenvalue weighted by Gasteiger charge is -2.23. The molecule has 21 heavy (non-hydrogen) atoms. The monoisotopic (exact) mass is 305 g/mol. The van der Waals surface area contributed by atoms with Crippen molar-refractivity contribution in [2.24, 2.45) is 5.84 Å². The van der Waals surface area contributed by atoms with Crippen LogP contribution in [0.3, 0.4) is 0 Å². The van der Waals surface area contributed by atoms with Gasteiger partial charge in [0.05, 0.1) is 11.3 Å². The lowest BCUT2D eigenvalue weighted by atomic mass is 10.1. The number of thiophene rings is 1. The molecule has 0 spiro atoms. The highest BCUT2D eigenvalue weighted by Gasteiger charge is 2.34. The smallest absolute Gasteiger partial charge is 0.256 e. The van der Waals surface area contributed by atoms with Crippen LogP contribution in [0.4, 0.5) is 10.1 Å². The van der Waals surface area contributed by atoms with Crippen LogP contribution < -0.4 is 11.3 Å². The molecule has 1 aromatic heterocycles. The highest BCUT2D eigenvalue weighted by Crippen LogP contribution is 2.32. The lowest BCUT2D eigenvalue weighted by Crippen LogP contribution is -2.33. The van der Waals surface area contributed by atoms with Crippen molar-refractivity contribution in [2.75, 3.05) is 5.43 Å². The Kier molecular flexibility index (Phi) is 3.90. The van der Waals surface area contributed by atoms with Crippen molar-refractivity contribution in [1.29, 1.82) is 0 Å². The molecule has 0 bridgehead atoms. The number of hydrogen-bond acceptors (Lipinski definition) is 4. The predicted molar refractivity (Wildman–Crippen MR) is 81.4 cm³/mol. The summed E-state index contributed by atoms with van der Waals surface area (Å²) in [5, 5.41) is 4.01. The van der Waals surface area contributed by atoms with Gasteiger partial charge >= 0.3 is 0 Å². The highest BCUT2D eigenvalue weighted by atomic mass is 32.1. The molecule has 1 fully saturated rings. The summed E-state index contributed by atoms with van der Waals surface area (Å²) in [7, 11) is 0. The molecule has 2 aromatic rings. The van der Waals surface area contributed by atoms with E-state index in [9.17, 15) is 9.18 Å². The molecule has 1 saturated carbocycles. The fourth-order valence-corrected chi connectivity index (χ4v) is 3.00. The van der Waals surface area contributed by atoms with Crippen molar-refractivity contribution >= 4 is 22.9 Å². The lowest BCUT2D eigenvalue weighted by molar-refractivity contribution is 0.0730. The van der Waals surface area contributed by atoms with E-state index >= 15 is 0 Å². The molecule has 1 aromatic carbocycles. The number of amides is 1. The number of nitrogens with zero attached hydrogens (tertiary/aromatic N) is 1. The van der Waals surface area contributed by atoms with Crippen molar-refractivity contribution < 1.29 is 9.18 Å². The van der Waals surface area contributed by atoms with Gasteiger partial charge < -0.3 is 10.3 Å². The summed E-state index contributed by atoms with van der Waals surface area (Å²) in [4.78, 5) is 14.6. The van der Waals surface area contributed by atoms with Crippen LogP contribution in [0, 0.1) is 5.82 Å². The molecule has 1 aliphatic carbocycles. The van der Waals surface area contributed by atoms with Crippen molar-refractivity contribution in [1.82, 2.24) is 4.90 Å². The van der Waals surface area contributed by atoms with Crippen molar-refractivity contribution in [3.05, 3.63) is 52.0 Å². The molecule has 1 amide bonds. The van der Waals surface area contributed by atoms with Gasteiger partial charge in [-0.1, -0.05) is 6.07 Å². The molecular formula is C15H16FN3OS. The first-order valence-corrected chi connectivity index (χ1v) is 7.72. The van der Waals surface area contributed by atoms with Gasteiger partial charge in [0, 0.05) is 12.6 Å². The number of nitrogens with two attached hydrogens (primary N) is 1. The molecule has 6 heteroatoms. The molecule has 110 valence electrons. The van der Waals surface area contributed by atoms with E-state index < -0.39 is 5.82 Å². The normalized spacial score (nSPS) is 14.0. The maximum atomic E-state index is 13.8. The molecule has 4 nitrogen and oxygen atoms in total. The van der Waals surface area contributed by atoms with Gasteiger partial charge in [-0.25, -0.2) is 4.39 Å². The zero-order chi connectivity index (χ0) is 14.8. The number of hydrogen-bond donors (Lipinski definition) is 2. The Morgan fingerprint density at radius 3 is 2.86 bits per heavy atom. The number of nitrogen functional groups attached to an aromatic ring is 1. The fourth-order valence-electron chi connectivity index (χ4n) is 2.34. The highest BCUT2D eigenvalue weighted by molar-refractivity contribution is 7.07. The quantitative estimate of drug-likeness (QED) is 0.659. The zero-order valence-corrected chi connectivity index (χ0v) is 12.2. The average Bonchev–Trinajstić information content (AvgIpc) is 3.20. The maximum Gasteiger partial charge on any atom is 0.256 e. The number of hydrazine groups is 1. The van der Waals surface area contributed by atoms with Gasteiger partial charge in [0.2, 0.25) is 0 Å². The van der Waals surface area contributed by atoms with Gasteiger partial charge in [-0.05, 0) is 47.4 Å². The van der Waals surface area contributed by atoms with E-state index in [4.69, 9.17) is 5.84 Å². The summed E-state index contributed by atoms with van der Waals surface area (Å²) >= 11 is 1.60. The number of carbonyl (C=O) groups excluding carboxylic acids is 1. The Morgan fingerprint density at radius 1 is 1.43 bits per heavy atom. The van der Waals surface area contributed by atoms with Crippen LogP contribution in [0.2, 0.25) is 0 Å². The number of rotatable bonds is 5.